The Morgan fingerprint density at radius 1 is 0.955 bits per heavy atom. The predicted molar refractivity (Wildman–Crippen MR) is 81.1 cm³/mol. The maximum absolute atomic E-state index is 12.7. The van der Waals surface area contributed by atoms with Crippen LogP contribution < -0.4 is 0 Å². The van der Waals surface area contributed by atoms with Crippen molar-refractivity contribution in [3.05, 3.63) is 59.7 Å². The van der Waals surface area contributed by atoms with Crippen molar-refractivity contribution in [3.8, 4) is 11.1 Å². The maximum atomic E-state index is 12.7. The maximum Gasteiger partial charge on any atom is 0.360 e. The molecule has 0 N–H and O–H groups in total. The average Bonchev–Trinajstić information content (AvgIpc) is 2.79. The summed E-state index contributed by atoms with van der Waals surface area (Å²) in [4.78, 5) is 24.4. The molecule has 0 radical (unpaired) electrons. The van der Waals surface area contributed by atoms with Gasteiger partial charge in [0.2, 0.25) is 0 Å². The average molecular weight is 296 g/mol. The van der Waals surface area contributed by atoms with Gasteiger partial charge in [-0.3, -0.25) is 4.79 Å². The first kappa shape index (κ1) is 14.3. The Kier molecular flexibility index (Phi) is 3.45. The van der Waals surface area contributed by atoms with E-state index in [1.54, 1.807) is 19.1 Å². The van der Waals surface area contributed by atoms with Crippen LogP contribution in [0.1, 0.15) is 25.0 Å². The highest BCUT2D eigenvalue weighted by Crippen LogP contribution is 2.50. The third-order valence-corrected chi connectivity index (χ3v) is 3.76. The van der Waals surface area contributed by atoms with Crippen LogP contribution in [0.5, 0.6) is 0 Å². The van der Waals surface area contributed by atoms with Crippen molar-refractivity contribution in [2.24, 2.45) is 0 Å². The highest BCUT2D eigenvalue weighted by Gasteiger charge is 2.53. The summed E-state index contributed by atoms with van der Waals surface area (Å²) in [5, 5.41) is 0. The molecule has 1 aliphatic carbocycles. The summed E-state index contributed by atoms with van der Waals surface area (Å²) in [6.45, 7) is 3.24. The van der Waals surface area contributed by atoms with Gasteiger partial charge in [-0.1, -0.05) is 48.5 Å². The Labute approximate surface area is 128 Å². The monoisotopic (exact) mass is 296 g/mol. The van der Waals surface area contributed by atoms with Crippen LogP contribution in [0.3, 0.4) is 0 Å². The van der Waals surface area contributed by atoms with Crippen LogP contribution in [0, 0.1) is 0 Å². The van der Waals surface area contributed by atoms with Crippen LogP contribution in [-0.4, -0.2) is 18.5 Å². The van der Waals surface area contributed by atoms with Gasteiger partial charge in [0.25, 0.3) is 5.60 Å². The molecule has 22 heavy (non-hydrogen) atoms. The zero-order valence-electron chi connectivity index (χ0n) is 12.5. The Hall–Kier alpha value is -2.62. The van der Waals surface area contributed by atoms with Gasteiger partial charge in [0.05, 0.1) is 6.61 Å². The summed E-state index contributed by atoms with van der Waals surface area (Å²) in [6.07, 6.45) is 0. The van der Waals surface area contributed by atoms with Gasteiger partial charge in [0.15, 0.2) is 0 Å². The Morgan fingerprint density at radius 3 is 1.91 bits per heavy atom. The number of carbonyl (C=O) groups is 2. The quantitative estimate of drug-likeness (QED) is 0.817. The molecule has 4 heteroatoms. The fourth-order valence-electron chi connectivity index (χ4n) is 3.01. The van der Waals surface area contributed by atoms with Crippen molar-refractivity contribution in [2.45, 2.75) is 19.4 Å². The summed E-state index contributed by atoms with van der Waals surface area (Å²) in [5.41, 5.74) is 1.53. The van der Waals surface area contributed by atoms with Crippen LogP contribution in [-0.2, 0) is 24.7 Å². The SMILES string of the molecule is CCOC(=O)C1(OC(C)=O)c2ccccc2-c2ccccc21. The van der Waals surface area contributed by atoms with E-state index in [4.69, 9.17) is 9.47 Å². The number of ether oxygens (including phenoxy) is 2. The van der Waals surface area contributed by atoms with Crippen LogP contribution in [0.25, 0.3) is 11.1 Å². The van der Waals surface area contributed by atoms with Crippen LogP contribution in [0.15, 0.2) is 48.5 Å². The van der Waals surface area contributed by atoms with E-state index in [1.807, 2.05) is 36.4 Å². The molecule has 0 fully saturated rings. The number of benzene rings is 2. The lowest BCUT2D eigenvalue weighted by atomic mass is 9.91. The molecule has 0 saturated carbocycles. The number of hydrogen-bond acceptors (Lipinski definition) is 4. The van der Waals surface area contributed by atoms with Crippen molar-refractivity contribution in [1.82, 2.24) is 0 Å². The van der Waals surface area contributed by atoms with E-state index in [2.05, 4.69) is 0 Å². The minimum atomic E-state index is -1.52. The third-order valence-electron chi connectivity index (χ3n) is 3.76. The molecular weight excluding hydrogens is 280 g/mol. The lowest BCUT2D eigenvalue weighted by Crippen LogP contribution is -2.41. The molecule has 0 aliphatic heterocycles. The summed E-state index contributed by atoms with van der Waals surface area (Å²) in [7, 11) is 0. The van der Waals surface area contributed by atoms with Gasteiger partial charge in [-0.05, 0) is 18.1 Å². The first-order valence-corrected chi connectivity index (χ1v) is 7.17. The summed E-state index contributed by atoms with van der Waals surface area (Å²) >= 11 is 0. The van der Waals surface area contributed by atoms with Crippen molar-refractivity contribution in [1.29, 1.82) is 0 Å². The van der Waals surface area contributed by atoms with Gasteiger partial charge in [-0.15, -0.1) is 0 Å². The molecule has 0 atom stereocenters. The minimum Gasteiger partial charge on any atom is -0.462 e. The van der Waals surface area contributed by atoms with E-state index in [0.29, 0.717) is 11.1 Å². The zero-order valence-corrected chi connectivity index (χ0v) is 12.5. The molecule has 3 rings (SSSR count). The van der Waals surface area contributed by atoms with Crippen LogP contribution in [0.2, 0.25) is 0 Å². The topological polar surface area (TPSA) is 52.6 Å². The summed E-state index contributed by atoms with van der Waals surface area (Å²) in [5.74, 6) is -1.10. The minimum absolute atomic E-state index is 0.214. The lowest BCUT2D eigenvalue weighted by molar-refractivity contribution is -0.177. The molecule has 2 aromatic carbocycles. The smallest absolute Gasteiger partial charge is 0.360 e. The fourth-order valence-corrected chi connectivity index (χ4v) is 3.01. The standard InChI is InChI=1S/C18H16O4/c1-3-21-17(20)18(22-12(2)19)15-10-6-4-8-13(15)14-9-5-7-11-16(14)18/h4-11H,3H2,1-2H3. The Bertz CT molecular complexity index is 703. The van der Waals surface area contributed by atoms with Gasteiger partial charge < -0.3 is 9.47 Å². The molecule has 0 spiro atoms. The molecule has 0 saturated heterocycles. The normalized spacial score (nSPS) is 13.9. The van der Waals surface area contributed by atoms with E-state index in [9.17, 15) is 9.59 Å². The highest BCUT2D eigenvalue weighted by atomic mass is 16.6. The molecule has 0 bridgehead atoms. The van der Waals surface area contributed by atoms with Gasteiger partial charge in [-0.2, -0.15) is 0 Å². The molecule has 4 nitrogen and oxygen atoms in total. The van der Waals surface area contributed by atoms with E-state index >= 15 is 0 Å². The fraction of sp³-hybridized carbons (Fsp3) is 0.222. The highest BCUT2D eigenvalue weighted by molar-refractivity contribution is 5.98. The first-order valence-electron chi connectivity index (χ1n) is 7.17. The summed E-state index contributed by atoms with van der Waals surface area (Å²) in [6, 6.07) is 14.9. The van der Waals surface area contributed by atoms with Crippen LogP contribution in [0.4, 0.5) is 0 Å². The van der Waals surface area contributed by atoms with Crippen molar-refractivity contribution in [2.75, 3.05) is 6.61 Å². The Balaban J connectivity index is 2.32. The van der Waals surface area contributed by atoms with Gasteiger partial charge in [0, 0.05) is 18.1 Å². The van der Waals surface area contributed by atoms with Crippen molar-refractivity contribution in [3.63, 3.8) is 0 Å². The van der Waals surface area contributed by atoms with E-state index in [1.165, 1.54) is 6.92 Å². The number of esters is 2. The molecular formula is C18H16O4. The molecule has 112 valence electrons. The molecule has 2 aromatic rings. The molecule has 0 amide bonds. The van der Waals surface area contributed by atoms with Crippen molar-refractivity contribution >= 4 is 11.9 Å². The Morgan fingerprint density at radius 2 is 1.45 bits per heavy atom. The number of carbonyl (C=O) groups excluding carboxylic acids is 2. The van der Waals surface area contributed by atoms with Gasteiger partial charge >= 0.3 is 11.9 Å². The largest absolute Gasteiger partial charge is 0.462 e. The second-order valence-electron chi connectivity index (χ2n) is 5.09. The van der Waals surface area contributed by atoms with Crippen molar-refractivity contribution < 1.29 is 19.1 Å². The second kappa shape index (κ2) is 5.30. The molecule has 0 unspecified atom stereocenters. The molecule has 1 aliphatic rings. The number of rotatable bonds is 3. The van der Waals surface area contributed by atoms with E-state index < -0.39 is 17.5 Å². The molecule has 0 heterocycles. The summed E-state index contributed by atoms with van der Waals surface area (Å²) < 4.78 is 10.8. The van der Waals surface area contributed by atoms with E-state index in [0.717, 1.165) is 11.1 Å². The first-order chi connectivity index (χ1) is 10.6. The number of hydrogen-bond donors (Lipinski definition) is 0. The zero-order chi connectivity index (χ0) is 15.7. The predicted octanol–water partition coefficient (Wildman–Crippen LogP) is 3.04. The lowest BCUT2D eigenvalue weighted by Gasteiger charge is -2.28. The van der Waals surface area contributed by atoms with Crippen LogP contribution >= 0.6 is 0 Å². The number of fused-ring (bicyclic) bond motifs is 3. The molecule has 0 aromatic heterocycles. The van der Waals surface area contributed by atoms with Gasteiger partial charge in [-0.25, -0.2) is 4.79 Å². The van der Waals surface area contributed by atoms with Gasteiger partial charge in [0.1, 0.15) is 0 Å². The second-order valence-corrected chi connectivity index (χ2v) is 5.09. The van der Waals surface area contributed by atoms with E-state index in [-0.39, 0.29) is 6.61 Å². The third kappa shape index (κ3) is 1.91.